The molecule has 0 saturated carbocycles. The molecule has 3 heteroatoms. The van der Waals surface area contributed by atoms with E-state index in [1.165, 1.54) is 0 Å². The van der Waals surface area contributed by atoms with Crippen molar-refractivity contribution in [1.29, 1.82) is 0 Å². The molecule has 21 heavy (non-hydrogen) atoms. The molecule has 1 aliphatic heterocycles. The molecular formula is C18H19NO2. The van der Waals surface area contributed by atoms with Crippen LogP contribution in [0.1, 0.15) is 27.0 Å². The third kappa shape index (κ3) is 2.83. The first-order valence-corrected chi connectivity index (χ1v) is 7.32. The Bertz CT molecular complexity index is 664. The largest absolute Gasteiger partial charge is 0.493 e. The molecule has 0 amide bonds. The molecule has 2 aromatic rings. The Morgan fingerprint density at radius 3 is 2.95 bits per heavy atom. The first kappa shape index (κ1) is 13.8. The predicted molar refractivity (Wildman–Crippen MR) is 83.1 cm³/mol. The van der Waals surface area contributed by atoms with Crippen molar-refractivity contribution in [3.63, 3.8) is 0 Å². The second-order valence-corrected chi connectivity index (χ2v) is 5.26. The Hall–Kier alpha value is -2.13. The Balaban J connectivity index is 1.91. The zero-order chi connectivity index (χ0) is 14.7. The van der Waals surface area contributed by atoms with Gasteiger partial charge < -0.3 is 10.1 Å². The molecule has 0 aromatic heterocycles. The van der Waals surface area contributed by atoms with Crippen molar-refractivity contribution in [2.45, 2.75) is 12.8 Å². The number of rotatable bonds is 5. The van der Waals surface area contributed by atoms with Crippen molar-refractivity contribution in [3.05, 3.63) is 64.7 Å². The number of fused-ring (bicyclic) bond motifs is 1. The molecule has 1 aliphatic rings. The molecule has 0 atom stereocenters. The minimum absolute atomic E-state index is 0.0939. The summed E-state index contributed by atoms with van der Waals surface area (Å²) in [6.07, 6.45) is 1.74. The molecule has 0 spiro atoms. The highest BCUT2D eigenvalue weighted by Crippen LogP contribution is 2.27. The topological polar surface area (TPSA) is 38.3 Å². The molecule has 0 fully saturated rings. The number of benzene rings is 2. The highest BCUT2D eigenvalue weighted by atomic mass is 16.5. The number of ketones is 1. The van der Waals surface area contributed by atoms with E-state index < -0.39 is 0 Å². The summed E-state index contributed by atoms with van der Waals surface area (Å²) >= 11 is 0. The van der Waals surface area contributed by atoms with Gasteiger partial charge in [-0.25, -0.2) is 0 Å². The predicted octanol–water partition coefficient (Wildman–Crippen LogP) is 2.61. The Morgan fingerprint density at radius 1 is 1.24 bits per heavy atom. The molecule has 108 valence electrons. The van der Waals surface area contributed by atoms with Crippen LogP contribution in [0.2, 0.25) is 0 Å². The third-order valence-electron chi connectivity index (χ3n) is 3.86. The second kappa shape index (κ2) is 6.10. The lowest BCUT2D eigenvalue weighted by Crippen LogP contribution is -2.13. The summed E-state index contributed by atoms with van der Waals surface area (Å²) in [5, 5.41) is 3.13. The minimum atomic E-state index is 0.0939. The summed E-state index contributed by atoms with van der Waals surface area (Å²) in [5.74, 6) is 1.01. The zero-order valence-electron chi connectivity index (χ0n) is 12.2. The van der Waals surface area contributed by atoms with Crippen LogP contribution in [-0.4, -0.2) is 26.0 Å². The quantitative estimate of drug-likeness (QED) is 0.856. The molecule has 0 aliphatic carbocycles. The summed E-state index contributed by atoms with van der Waals surface area (Å²) in [7, 11) is 1.92. The molecule has 3 nitrogen and oxygen atoms in total. The van der Waals surface area contributed by atoms with Crippen molar-refractivity contribution in [3.8, 4) is 5.75 Å². The van der Waals surface area contributed by atoms with Gasteiger partial charge in [0.15, 0.2) is 5.78 Å². The van der Waals surface area contributed by atoms with Crippen molar-refractivity contribution in [2.24, 2.45) is 0 Å². The Morgan fingerprint density at radius 2 is 2.10 bits per heavy atom. The van der Waals surface area contributed by atoms with Gasteiger partial charge >= 0.3 is 0 Å². The number of hydrogen-bond donors (Lipinski definition) is 1. The second-order valence-electron chi connectivity index (χ2n) is 5.26. The van der Waals surface area contributed by atoms with Crippen molar-refractivity contribution < 1.29 is 9.53 Å². The summed E-state index contributed by atoms with van der Waals surface area (Å²) in [6.45, 7) is 1.58. The zero-order valence-corrected chi connectivity index (χ0v) is 12.2. The molecule has 2 aromatic carbocycles. The van der Waals surface area contributed by atoms with E-state index in [1.807, 2.05) is 49.5 Å². The van der Waals surface area contributed by atoms with Crippen LogP contribution in [0.3, 0.4) is 0 Å². The van der Waals surface area contributed by atoms with E-state index in [2.05, 4.69) is 5.32 Å². The first-order chi connectivity index (χ1) is 10.3. The van der Waals surface area contributed by atoms with Gasteiger partial charge in [0.2, 0.25) is 0 Å². The smallest absolute Gasteiger partial charge is 0.193 e. The average Bonchev–Trinajstić information content (AvgIpc) is 3.00. The number of carbonyl (C=O) groups excluding carboxylic acids is 1. The van der Waals surface area contributed by atoms with Crippen molar-refractivity contribution >= 4 is 5.78 Å². The number of nitrogens with one attached hydrogen (secondary N) is 1. The number of hydrogen-bond acceptors (Lipinski definition) is 3. The Kier molecular flexibility index (Phi) is 4.02. The minimum Gasteiger partial charge on any atom is -0.493 e. The molecule has 0 saturated heterocycles. The fourth-order valence-corrected chi connectivity index (χ4v) is 2.70. The highest BCUT2D eigenvalue weighted by Gasteiger charge is 2.17. The fraction of sp³-hybridized carbons (Fsp3) is 0.278. The van der Waals surface area contributed by atoms with Gasteiger partial charge in [0.25, 0.3) is 0 Å². The molecule has 0 bridgehead atoms. The molecular weight excluding hydrogens is 262 g/mol. The van der Waals surface area contributed by atoms with E-state index in [0.29, 0.717) is 6.61 Å². The highest BCUT2D eigenvalue weighted by molar-refractivity contribution is 6.10. The van der Waals surface area contributed by atoms with Crippen LogP contribution in [-0.2, 0) is 12.8 Å². The number of ether oxygens (including phenoxy) is 1. The van der Waals surface area contributed by atoms with Gasteiger partial charge in [-0.05, 0) is 49.3 Å². The summed E-state index contributed by atoms with van der Waals surface area (Å²) in [6, 6.07) is 13.6. The van der Waals surface area contributed by atoms with E-state index in [1.54, 1.807) is 0 Å². The van der Waals surface area contributed by atoms with Crippen LogP contribution >= 0.6 is 0 Å². The van der Waals surface area contributed by atoms with E-state index in [4.69, 9.17) is 4.74 Å². The maximum atomic E-state index is 12.8. The third-order valence-corrected chi connectivity index (χ3v) is 3.86. The lowest BCUT2D eigenvalue weighted by Gasteiger charge is -2.09. The van der Waals surface area contributed by atoms with E-state index >= 15 is 0 Å². The van der Waals surface area contributed by atoms with Gasteiger partial charge in [0, 0.05) is 17.5 Å². The van der Waals surface area contributed by atoms with Gasteiger partial charge in [0.1, 0.15) is 5.75 Å². The van der Waals surface area contributed by atoms with Crippen LogP contribution in [0.25, 0.3) is 0 Å². The van der Waals surface area contributed by atoms with E-state index in [9.17, 15) is 4.79 Å². The summed E-state index contributed by atoms with van der Waals surface area (Å²) in [5.41, 5.74) is 3.77. The van der Waals surface area contributed by atoms with Crippen molar-refractivity contribution in [1.82, 2.24) is 5.32 Å². The van der Waals surface area contributed by atoms with Crippen LogP contribution in [0.5, 0.6) is 5.75 Å². The van der Waals surface area contributed by atoms with Crippen molar-refractivity contribution in [2.75, 3.05) is 20.2 Å². The normalized spacial score (nSPS) is 12.8. The van der Waals surface area contributed by atoms with E-state index in [-0.39, 0.29) is 5.78 Å². The van der Waals surface area contributed by atoms with Crippen LogP contribution in [0.4, 0.5) is 0 Å². The fourth-order valence-electron chi connectivity index (χ4n) is 2.70. The maximum Gasteiger partial charge on any atom is 0.193 e. The lowest BCUT2D eigenvalue weighted by atomic mass is 9.95. The summed E-state index contributed by atoms with van der Waals surface area (Å²) < 4.78 is 5.50. The van der Waals surface area contributed by atoms with Gasteiger partial charge in [0.05, 0.1) is 6.61 Å². The molecule has 1 N–H and O–H groups in total. The molecule has 1 heterocycles. The maximum absolute atomic E-state index is 12.8. The van der Waals surface area contributed by atoms with Crippen LogP contribution in [0.15, 0.2) is 42.5 Å². The van der Waals surface area contributed by atoms with Gasteiger partial charge in [-0.3, -0.25) is 4.79 Å². The summed E-state index contributed by atoms with van der Waals surface area (Å²) in [4.78, 5) is 12.8. The first-order valence-electron chi connectivity index (χ1n) is 7.32. The molecule has 0 radical (unpaired) electrons. The van der Waals surface area contributed by atoms with Crippen LogP contribution < -0.4 is 10.1 Å². The average molecular weight is 281 g/mol. The van der Waals surface area contributed by atoms with Crippen LogP contribution in [0, 0.1) is 0 Å². The SMILES string of the molecule is CNCCc1ccccc1C(=O)c1ccc2c(c1)CCO2. The standard InChI is InChI=1S/C18H19NO2/c1-19-10-8-13-4-2-3-5-16(13)18(20)15-6-7-17-14(12-15)9-11-21-17/h2-7,12,19H,8-11H2,1H3. The monoisotopic (exact) mass is 281 g/mol. The Labute approximate surface area is 124 Å². The van der Waals surface area contributed by atoms with E-state index in [0.717, 1.165) is 47.4 Å². The lowest BCUT2D eigenvalue weighted by molar-refractivity contribution is 0.103. The number of carbonyl (C=O) groups is 1. The molecule has 3 rings (SSSR count). The molecule has 0 unspecified atom stereocenters. The van der Waals surface area contributed by atoms with Gasteiger partial charge in [-0.15, -0.1) is 0 Å². The van der Waals surface area contributed by atoms with Gasteiger partial charge in [-0.1, -0.05) is 24.3 Å². The number of likely N-dealkylation sites (N-methyl/N-ethyl adjacent to an activating group) is 1. The van der Waals surface area contributed by atoms with Gasteiger partial charge in [-0.2, -0.15) is 0 Å².